The van der Waals surface area contributed by atoms with Gasteiger partial charge in [-0.25, -0.2) is 8.78 Å². The molecule has 8 aromatic carbocycles. The molecule has 0 aromatic heterocycles. The molecule has 4 aliphatic rings. The summed E-state index contributed by atoms with van der Waals surface area (Å²) in [7, 11) is 0. The van der Waals surface area contributed by atoms with Crippen molar-refractivity contribution in [2.75, 3.05) is 9.80 Å². The molecular weight excluding hydrogens is 931 g/mol. The highest BCUT2D eigenvalue weighted by atomic mass is 19.1. The van der Waals surface area contributed by atoms with Crippen LogP contribution in [0.15, 0.2) is 240 Å². The predicted octanol–water partition coefficient (Wildman–Crippen LogP) is 19.2. The Bertz CT molecular complexity index is 3880. The lowest BCUT2D eigenvalue weighted by molar-refractivity contribution is 0.627. The standard InChI is InChI=1S/C72H60F2N2/c1-43-15-9-16-44(2)67(43)53-31-37-65(61(39-53)69-47(5)19-11-20-48(69)6)75(57-25-13-23-55(73)41-57)63-35-29-51-28-34-60-64(36-30-52-27-33-59(63)71(51)72(52)60)76(58-26-14-24-56(74)42-58)66-38-32-54(68-45(3)17-10-18-46(68)4)40-62(66)70-49(7)21-12-22-50(70)8/h9-42,63,72H,1-8H3. The fourth-order valence-corrected chi connectivity index (χ4v) is 12.8. The van der Waals surface area contributed by atoms with Gasteiger partial charge in [0.15, 0.2) is 0 Å². The van der Waals surface area contributed by atoms with E-state index in [0.717, 1.165) is 73.0 Å². The van der Waals surface area contributed by atoms with Crippen molar-refractivity contribution in [1.29, 1.82) is 0 Å². The Kier molecular flexibility index (Phi) is 12.3. The number of nitrogens with zero attached hydrogens (tertiary/aromatic N) is 2. The Morgan fingerprint density at radius 1 is 0.408 bits per heavy atom. The van der Waals surface area contributed by atoms with Gasteiger partial charge in [-0.1, -0.05) is 140 Å². The summed E-state index contributed by atoms with van der Waals surface area (Å²) < 4.78 is 31.7. The highest BCUT2D eigenvalue weighted by molar-refractivity contribution is 5.94. The van der Waals surface area contributed by atoms with Crippen LogP contribution in [0.4, 0.5) is 31.5 Å². The topological polar surface area (TPSA) is 6.48 Å². The molecular formula is C72H60F2N2. The molecule has 0 aliphatic heterocycles. The SMILES string of the molecule is Cc1cccc(C)c1-c1ccc(N(C2=C3C=CC4=C5C(=CC=C(C=C2)C35)C(N(c2cccc(F)c2)c2ccc(-c3c(C)cccc3C)cc2-c2c(C)cccc2C)C=C4)c2cccc(F)c2)c(-c2c(C)cccc2C)c1. The third-order valence-corrected chi connectivity index (χ3v) is 16.2. The number of hydrogen-bond donors (Lipinski definition) is 0. The van der Waals surface area contributed by atoms with E-state index in [0.29, 0.717) is 0 Å². The summed E-state index contributed by atoms with van der Waals surface area (Å²) >= 11 is 0. The lowest BCUT2D eigenvalue weighted by Crippen LogP contribution is -2.37. The van der Waals surface area contributed by atoms with E-state index in [-0.39, 0.29) is 23.6 Å². The molecule has 0 radical (unpaired) electrons. The zero-order valence-corrected chi connectivity index (χ0v) is 44.4. The van der Waals surface area contributed by atoms with E-state index < -0.39 is 0 Å². The minimum atomic E-state index is -0.318. The highest BCUT2D eigenvalue weighted by Gasteiger charge is 2.41. The van der Waals surface area contributed by atoms with Gasteiger partial charge in [-0.15, -0.1) is 0 Å². The van der Waals surface area contributed by atoms with Gasteiger partial charge in [0.1, 0.15) is 11.6 Å². The Morgan fingerprint density at radius 3 is 1.42 bits per heavy atom. The molecule has 2 atom stereocenters. The van der Waals surface area contributed by atoms with Gasteiger partial charge in [-0.05, 0) is 228 Å². The van der Waals surface area contributed by atoms with Crippen molar-refractivity contribution in [2.24, 2.45) is 5.92 Å². The number of allylic oxidation sites excluding steroid dienone is 10. The van der Waals surface area contributed by atoms with E-state index >= 15 is 8.78 Å². The number of rotatable bonds is 10. The summed E-state index contributed by atoms with van der Waals surface area (Å²) in [5.41, 5.74) is 28.9. The molecule has 2 unspecified atom stereocenters. The smallest absolute Gasteiger partial charge is 0.125 e. The molecule has 8 aromatic rings. The summed E-state index contributed by atoms with van der Waals surface area (Å²) in [6, 6.07) is 53.3. The first-order valence-corrected chi connectivity index (χ1v) is 26.4. The molecule has 0 spiro atoms. The maximum absolute atomic E-state index is 15.8. The molecule has 372 valence electrons. The van der Waals surface area contributed by atoms with E-state index in [2.05, 4.69) is 223 Å². The fourth-order valence-electron chi connectivity index (χ4n) is 12.8. The Morgan fingerprint density at radius 2 is 0.882 bits per heavy atom. The van der Waals surface area contributed by atoms with E-state index in [4.69, 9.17) is 0 Å². The average Bonchev–Trinajstić information content (AvgIpc) is 3.58. The highest BCUT2D eigenvalue weighted by Crippen LogP contribution is 2.54. The van der Waals surface area contributed by atoms with Gasteiger partial charge in [-0.3, -0.25) is 0 Å². The first-order valence-electron chi connectivity index (χ1n) is 26.4. The van der Waals surface area contributed by atoms with Gasteiger partial charge in [0.25, 0.3) is 0 Å². The summed E-state index contributed by atoms with van der Waals surface area (Å²) in [4.78, 5) is 4.62. The number of halogens is 2. The maximum atomic E-state index is 15.8. The third-order valence-electron chi connectivity index (χ3n) is 16.2. The van der Waals surface area contributed by atoms with Crippen molar-refractivity contribution in [3.05, 3.63) is 296 Å². The first-order chi connectivity index (χ1) is 36.8. The molecule has 4 heteroatoms. The normalized spacial score (nSPS) is 16.2. The molecule has 0 amide bonds. The molecule has 12 rings (SSSR count). The molecule has 0 saturated heterocycles. The summed E-state index contributed by atoms with van der Waals surface area (Å²) in [5, 5.41) is 0. The van der Waals surface area contributed by atoms with E-state index in [1.165, 1.54) is 84.5 Å². The van der Waals surface area contributed by atoms with Crippen molar-refractivity contribution in [3.8, 4) is 44.5 Å². The van der Waals surface area contributed by atoms with Gasteiger partial charge in [0, 0.05) is 34.1 Å². The third kappa shape index (κ3) is 8.24. The molecule has 4 aliphatic carbocycles. The van der Waals surface area contributed by atoms with Crippen molar-refractivity contribution in [1.82, 2.24) is 0 Å². The number of aryl methyl sites for hydroxylation is 8. The molecule has 0 N–H and O–H groups in total. The molecule has 2 nitrogen and oxygen atoms in total. The van der Waals surface area contributed by atoms with Crippen LogP contribution in [0, 0.1) is 72.9 Å². The van der Waals surface area contributed by atoms with E-state index in [1.807, 2.05) is 24.3 Å². The molecule has 0 fully saturated rings. The lowest BCUT2D eigenvalue weighted by Gasteiger charge is -2.44. The molecule has 0 bridgehead atoms. The predicted molar refractivity (Wildman–Crippen MR) is 315 cm³/mol. The second kappa shape index (κ2) is 19.3. The molecule has 76 heavy (non-hydrogen) atoms. The van der Waals surface area contributed by atoms with Crippen LogP contribution in [0.3, 0.4) is 0 Å². The second-order valence-corrected chi connectivity index (χ2v) is 21.1. The van der Waals surface area contributed by atoms with Gasteiger partial charge in [0.05, 0.1) is 17.4 Å². The number of hydrogen-bond acceptors (Lipinski definition) is 2. The van der Waals surface area contributed by atoms with Crippen LogP contribution in [0.1, 0.15) is 44.5 Å². The second-order valence-electron chi connectivity index (χ2n) is 21.1. The Balaban J connectivity index is 1.05. The Hall–Kier alpha value is -8.60. The van der Waals surface area contributed by atoms with Crippen LogP contribution in [-0.4, -0.2) is 6.04 Å². The van der Waals surface area contributed by atoms with Crippen LogP contribution in [0.25, 0.3) is 44.5 Å². The number of benzene rings is 8. The summed E-state index contributed by atoms with van der Waals surface area (Å²) in [5.74, 6) is -0.739. The minimum Gasteiger partial charge on any atom is -0.330 e. The number of anilines is 4. The maximum Gasteiger partial charge on any atom is 0.125 e. The van der Waals surface area contributed by atoms with Crippen LogP contribution in [0.5, 0.6) is 0 Å². The zero-order chi connectivity index (χ0) is 52.5. The summed E-state index contributed by atoms with van der Waals surface area (Å²) in [6.07, 6.45) is 18.1. The van der Waals surface area contributed by atoms with Crippen LogP contribution >= 0.6 is 0 Å². The average molecular weight is 991 g/mol. The lowest BCUT2D eigenvalue weighted by atomic mass is 9.67. The van der Waals surface area contributed by atoms with Crippen molar-refractivity contribution >= 4 is 22.7 Å². The monoisotopic (exact) mass is 990 g/mol. The van der Waals surface area contributed by atoms with Crippen molar-refractivity contribution in [2.45, 2.75) is 61.4 Å². The van der Waals surface area contributed by atoms with Gasteiger partial charge in [0.2, 0.25) is 0 Å². The van der Waals surface area contributed by atoms with Crippen molar-refractivity contribution in [3.63, 3.8) is 0 Å². The fraction of sp³-hybridized carbons (Fsp3) is 0.139. The van der Waals surface area contributed by atoms with Gasteiger partial charge in [-0.2, -0.15) is 0 Å². The minimum absolute atomic E-state index is 0.139. The van der Waals surface area contributed by atoms with Gasteiger partial charge >= 0.3 is 0 Å². The quantitative estimate of drug-likeness (QED) is 0.135. The van der Waals surface area contributed by atoms with Crippen LogP contribution in [0.2, 0.25) is 0 Å². The summed E-state index contributed by atoms with van der Waals surface area (Å²) in [6.45, 7) is 17.5. The Labute approximate surface area is 447 Å². The van der Waals surface area contributed by atoms with E-state index in [1.54, 1.807) is 12.1 Å². The molecule has 0 heterocycles. The first kappa shape index (κ1) is 48.3. The van der Waals surface area contributed by atoms with Crippen LogP contribution in [-0.2, 0) is 0 Å². The zero-order valence-electron chi connectivity index (χ0n) is 44.4. The molecule has 0 saturated carbocycles. The van der Waals surface area contributed by atoms with Crippen LogP contribution < -0.4 is 9.80 Å². The van der Waals surface area contributed by atoms with Crippen molar-refractivity contribution < 1.29 is 8.78 Å². The largest absolute Gasteiger partial charge is 0.330 e. The van der Waals surface area contributed by atoms with E-state index in [9.17, 15) is 0 Å². The van der Waals surface area contributed by atoms with Gasteiger partial charge < -0.3 is 9.80 Å².